The summed E-state index contributed by atoms with van der Waals surface area (Å²) in [4.78, 5) is 0. The van der Waals surface area contributed by atoms with Gasteiger partial charge in [0.1, 0.15) is 0 Å². The van der Waals surface area contributed by atoms with Crippen LogP contribution in [-0.4, -0.2) is 29.3 Å². The molecule has 0 aliphatic carbocycles. The molecule has 4 heteroatoms. The molecule has 0 aliphatic rings. The lowest BCUT2D eigenvalue weighted by atomic mass is 9.80. The monoisotopic (exact) mass is 506 g/mol. The second kappa shape index (κ2) is 12.3. The van der Waals surface area contributed by atoms with Gasteiger partial charge in [-0.25, -0.2) is 0 Å². The van der Waals surface area contributed by atoms with Gasteiger partial charge in [-0.05, 0) is 54.3 Å². The van der Waals surface area contributed by atoms with Crippen molar-refractivity contribution in [3.8, 4) is 0 Å². The van der Waals surface area contributed by atoms with Crippen LogP contribution in [0.15, 0.2) is 98.6 Å². The Morgan fingerprint density at radius 2 is 1.29 bits per heavy atom. The van der Waals surface area contributed by atoms with Gasteiger partial charge in [-0.15, -0.1) is 19.7 Å². The molecule has 0 spiro atoms. The van der Waals surface area contributed by atoms with Gasteiger partial charge in [0.25, 0.3) is 8.32 Å². The van der Waals surface area contributed by atoms with Crippen molar-refractivity contribution in [3.63, 3.8) is 0 Å². The molecular formula is C31H46O2Si2. The largest absolute Gasteiger partial charge is 0.411 e. The zero-order valence-electron chi connectivity index (χ0n) is 22.8. The molecule has 0 saturated heterocycles. The second-order valence-corrected chi connectivity index (χ2v) is 20.2. The predicted molar refractivity (Wildman–Crippen MR) is 159 cm³/mol. The molecule has 0 radical (unpaired) electrons. The highest BCUT2D eigenvalue weighted by Crippen LogP contribution is 2.38. The summed E-state index contributed by atoms with van der Waals surface area (Å²) >= 11 is 0. The quantitative estimate of drug-likeness (QED) is 0.195. The van der Waals surface area contributed by atoms with Crippen LogP contribution < -0.4 is 10.4 Å². The van der Waals surface area contributed by atoms with Crippen molar-refractivity contribution in [2.24, 2.45) is 5.41 Å². The third-order valence-electron chi connectivity index (χ3n) is 6.78. The fourth-order valence-corrected chi connectivity index (χ4v) is 10.5. The average molecular weight is 507 g/mol. The topological polar surface area (TPSA) is 18.5 Å². The van der Waals surface area contributed by atoms with Crippen LogP contribution in [0.3, 0.4) is 0 Å². The summed E-state index contributed by atoms with van der Waals surface area (Å²) in [5.41, 5.74) is -0.213. The Morgan fingerprint density at radius 3 is 1.66 bits per heavy atom. The maximum atomic E-state index is 7.14. The Bertz CT molecular complexity index is 892. The van der Waals surface area contributed by atoms with Gasteiger partial charge in [0, 0.05) is 12.0 Å². The minimum Gasteiger partial charge on any atom is -0.411 e. The van der Waals surface area contributed by atoms with E-state index in [9.17, 15) is 0 Å². The molecular weight excluding hydrogens is 461 g/mol. The van der Waals surface area contributed by atoms with Gasteiger partial charge in [-0.1, -0.05) is 99.7 Å². The highest BCUT2D eigenvalue weighted by Gasteiger charge is 2.50. The summed E-state index contributed by atoms with van der Waals surface area (Å²) < 4.78 is 13.5. The van der Waals surface area contributed by atoms with Crippen molar-refractivity contribution in [2.45, 2.75) is 70.8 Å². The number of allylic oxidation sites excluding steroid dienone is 2. The van der Waals surface area contributed by atoms with Crippen molar-refractivity contribution >= 4 is 27.0 Å². The van der Waals surface area contributed by atoms with Crippen molar-refractivity contribution in [3.05, 3.63) is 98.6 Å². The Hall–Kier alpha value is -1.99. The summed E-state index contributed by atoms with van der Waals surface area (Å²) in [5.74, 6) is 0. The average Bonchev–Trinajstić information content (AvgIpc) is 2.82. The molecule has 1 atom stereocenters. The van der Waals surface area contributed by atoms with Crippen LogP contribution in [0.25, 0.3) is 0 Å². The molecule has 190 valence electrons. The molecule has 0 N–H and O–H groups in total. The van der Waals surface area contributed by atoms with Crippen LogP contribution in [0.5, 0.6) is 0 Å². The van der Waals surface area contributed by atoms with E-state index in [1.807, 2.05) is 18.2 Å². The molecule has 2 rings (SSSR count). The van der Waals surface area contributed by atoms with E-state index in [4.69, 9.17) is 8.85 Å². The molecule has 35 heavy (non-hydrogen) atoms. The molecule has 0 fully saturated rings. The number of rotatable bonds is 14. The zero-order chi connectivity index (χ0) is 26.2. The summed E-state index contributed by atoms with van der Waals surface area (Å²) in [6.07, 6.45) is 8.72. The Labute approximate surface area is 217 Å². The summed E-state index contributed by atoms with van der Waals surface area (Å²) in [5, 5.41) is 2.56. The van der Waals surface area contributed by atoms with Crippen molar-refractivity contribution in [1.29, 1.82) is 0 Å². The molecule has 0 heterocycles. The first kappa shape index (κ1) is 29.2. The lowest BCUT2D eigenvalue weighted by Gasteiger charge is -2.43. The van der Waals surface area contributed by atoms with E-state index in [0.717, 1.165) is 19.3 Å². The molecule has 2 aromatic carbocycles. The van der Waals surface area contributed by atoms with Gasteiger partial charge in [0.05, 0.1) is 6.10 Å². The van der Waals surface area contributed by atoms with E-state index in [1.54, 1.807) is 0 Å². The normalized spacial score (nSPS) is 13.8. The van der Waals surface area contributed by atoms with Gasteiger partial charge in [0.15, 0.2) is 8.32 Å². The predicted octanol–water partition coefficient (Wildman–Crippen LogP) is 7.50. The maximum absolute atomic E-state index is 7.14. The minimum atomic E-state index is -2.56. The fraction of sp³-hybridized carbons (Fsp3) is 0.419. The Balaban J connectivity index is 2.32. The van der Waals surface area contributed by atoms with Crippen LogP contribution in [-0.2, 0) is 8.85 Å². The zero-order valence-corrected chi connectivity index (χ0v) is 24.8. The molecule has 0 amide bonds. The van der Waals surface area contributed by atoms with Crippen molar-refractivity contribution < 1.29 is 8.85 Å². The fourth-order valence-electron chi connectivity index (χ4n) is 4.86. The molecule has 0 aliphatic heterocycles. The second-order valence-electron chi connectivity index (χ2n) is 11.4. The van der Waals surface area contributed by atoms with Gasteiger partial charge in [-0.3, -0.25) is 0 Å². The molecule has 0 bridgehead atoms. The first-order valence-corrected chi connectivity index (χ1v) is 18.1. The van der Waals surface area contributed by atoms with Crippen LogP contribution >= 0.6 is 0 Å². The summed E-state index contributed by atoms with van der Waals surface area (Å²) in [6, 6.07) is 21.6. The van der Waals surface area contributed by atoms with E-state index in [1.165, 1.54) is 10.4 Å². The third kappa shape index (κ3) is 7.50. The van der Waals surface area contributed by atoms with E-state index < -0.39 is 16.6 Å². The van der Waals surface area contributed by atoms with Crippen LogP contribution in [0.2, 0.25) is 24.7 Å². The van der Waals surface area contributed by atoms with Crippen molar-refractivity contribution in [2.75, 3.05) is 6.61 Å². The number of benzene rings is 2. The molecule has 2 nitrogen and oxygen atoms in total. The minimum absolute atomic E-state index is 0.0418. The highest BCUT2D eigenvalue weighted by molar-refractivity contribution is 6.99. The summed E-state index contributed by atoms with van der Waals surface area (Å²) in [7, 11) is -4.21. The SMILES string of the molecule is C=C[C@H](CCC(C=C)(C=C)CCO[Si](c1ccccc1)(c1ccccc1)C(C)(C)C)O[Si](C)(C)C. The highest BCUT2D eigenvalue weighted by atomic mass is 28.4. The Morgan fingerprint density at radius 1 is 0.800 bits per heavy atom. The van der Waals surface area contributed by atoms with E-state index in [2.05, 4.69) is 121 Å². The first-order chi connectivity index (χ1) is 16.4. The van der Waals surface area contributed by atoms with Crippen molar-refractivity contribution in [1.82, 2.24) is 0 Å². The van der Waals surface area contributed by atoms with Crippen LogP contribution in [0.1, 0.15) is 40.0 Å². The van der Waals surface area contributed by atoms with E-state index >= 15 is 0 Å². The summed E-state index contributed by atoms with van der Waals surface area (Å²) in [6.45, 7) is 26.6. The first-order valence-electron chi connectivity index (χ1n) is 12.8. The van der Waals surface area contributed by atoms with Gasteiger partial charge in [0.2, 0.25) is 0 Å². The molecule has 0 aromatic heterocycles. The van der Waals surface area contributed by atoms with Crippen LogP contribution in [0.4, 0.5) is 0 Å². The third-order valence-corrected chi connectivity index (χ3v) is 12.8. The van der Waals surface area contributed by atoms with Crippen LogP contribution in [0, 0.1) is 5.41 Å². The van der Waals surface area contributed by atoms with Gasteiger partial charge >= 0.3 is 0 Å². The number of hydrogen-bond donors (Lipinski definition) is 0. The lowest BCUT2D eigenvalue weighted by molar-refractivity contribution is 0.197. The van der Waals surface area contributed by atoms with Gasteiger partial charge in [-0.2, -0.15) is 0 Å². The molecule has 0 unspecified atom stereocenters. The number of hydrogen-bond acceptors (Lipinski definition) is 2. The smallest absolute Gasteiger partial charge is 0.261 e. The molecule has 0 saturated carbocycles. The standard InChI is InChI=1S/C31H46O2Si2/c1-10-27(33-34(7,8)9)23-24-31(11-2,12-3)25-26-32-35(30(4,5)6,28-19-15-13-16-20-28)29-21-17-14-18-22-29/h10-22,27H,1-3,23-26H2,4-9H3/t27-/m1/s1. The van der Waals surface area contributed by atoms with Gasteiger partial charge < -0.3 is 8.85 Å². The van der Waals surface area contributed by atoms with E-state index in [0.29, 0.717) is 6.61 Å². The lowest BCUT2D eigenvalue weighted by Crippen LogP contribution is -2.66. The Kier molecular flexibility index (Phi) is 10.3. The maximum Gasteiger partial charge on any atom is 0.261 e. The van der Waals surface area contributed by atoms with E-state index in [-0.39, 0.29) is 16.6 Å². The molecule has 2 aromatic rings.